The first-order valence-corrected chi connectivity index (χ1v) is 7.44. The van der Waals surface area contributed by atoms with Crippen molar-refractivity contribution in [1.82, 2.24) is 5.32 Å². The molecule has 0 unspecified atom stereocenters. The van der Waals surface area contributed by atoms with Crippen LogP contribution in [0.3, 0.4) is 0 Å². The molecule has 1 fully saturated rings. The summed E-state index contributed by atoms with van der Waals surface area (Å²) in [6, 6.07) is 6.39. The molecule has 1 aromatic carbocycles. The molecule has 7 nitrogen and oxygen atoms in total. The van der Waals surface area contributed by atoms with Gasteiger partial charge in [-0.2, -0.15) is 5.26 Å². The highest BCUT2D eigenvalue weighted by Gasteiger charge is 2.18. The van der Waals surface area contributed by atoms with Crippen LogP contribution in [0.4, 0.5) is 11.4 Å². The summed E-state index contributed by atoms with van der Waals surface area (Å²) in [5.41, 5.74) is 1.19. The van der Waals surface area contributed by atoms with Crippen molar-refractivity contribution in [2.24, 2.45) is 0 Å². The largest absolute Gasteiger partial charge is 0.371 e. The number of hydrogen-bond donors (Lipinski definition) is 1. The number of hydrogen-bond acceptors (Lipinski definition) is 5. The number of carbonyl (C=O) groups excluding carboxylic acids is 1. The van der Waals surface area contributed by atoms with Crippen molar-refractivity contribution in [2.45, 2.75) is 19.3 Å². The summed E-state index contributed by atoms with van der Waals surface area (Å²) in [5, 5.41) is 22.6. The first-order chi connectivity index (χ1) is 11.1. The van der Waals surface area contributed by atoms with Gasteiger partial charge in [0.15, 0.2) is 0 Å². The molecule has 0 aromatic heterocycles. The predicted octanol–water partition coefficient (Wildman–Crippen LogP) is 2.24. The minimum absolute atomic E-state index is 0.0637. The number of carbonyl (C=O) groups is 1. The van der Waals surface area contributed by atoms with Crippen molar-refractivity contribution in [3.8, 4) is 6.07 Å². The first kappa shape index (κ1) is 16.5. The Balaban J connectivity index is 2.50. The summed E-state index contributed by atoms with van der Waals surface area (Å²) in [7, 11) is 1.44. The van der Waals surface area contributed by atoms with E-state index in [9.17, 15) is 14.9 Å². The van der Waals surface area contributed by atoms with Gasteiger partial charge in [0.25, 0.3) is 11.6 Å². The molecule has 0 atom stereocenters. The SMILES string of the molecule is CNC(=O)/C(C#N)=C/c1cc([N+](=O)[O-])ccc1N1CCCCC1. The van der Waals surface area contributed by atoms with Gasteiger partial charge in [-0.1, -0.05) is 0 Å². The standard InChI is InChI=1S/C16H18N4O3/c1-18-16(21)13(11-17)9-12-10-14(20(22)23)5-6-15(12)19-7-3-2-4-8-19/h5-6,9-10H,2-4,7-8H2,1H3,(H,18,21)/b13-9+. The van der Waals surface area contributed by atoms with Crippen LogP contribution >= 0.6 is 0 Å². The van der Waals surface area contributed by atoms with Crippen molar-refractivity contribution in [3.05, 3.63) is 39.4 Å². The van der Waals surface area contributed by atoms with Crippen LogP contribution in [0.1, 0.15) is 24.8 Å². The monoisotopic (exact) mass is 314 g/mol. The quantitative estimate of drug-likeness (QED) is 0.397. The molecule has 120 valence electrons. The van der Waals surface area contributed by atoms with E-state index in [1.807, 2.05) is 6.07 Å². The van der Waals surface area contributed by atoms with Crippen LogP contribution in [0.2, 0.25) is 0 Å². The third-order valence-electron chi connectivity index (χ3n) is 3.81. The third kappa shape index (κ3) is 3.86. The smallest absolute Gasteiger partial charge is 0.270 e. The first-order valence-electron chi connectivity index (χ1n) is 7.44. The van der Waals surface area contributed by atoms with Crippen LogP contribution in [0, 0.1) is 21.4 Å². The molecule has 0 saturated carbocycles. The van der Waals surface area contributed by atoms with Gasteiger partial charge in [0.2, 0.25) is 0 Å². The molecule has 0 aliphatic carbocycles. The van der Waals surface area contributed by atoms with E-state index in [0.717, 1.165) is 38.0 Å². The Kier molecular flexibility index (Phi) is 5.31. The lowest BCUT2D eigenvalue weighted by molar-refractivity contribution is -0.384. The molecule has 2 rings (SSSR count). The Morgan fingerprint density at radius 2 is 2.09 bits per heavy atom. The van der Waals surface area contributed by atoms with Gasteiger partial charge in [0, 0.05) is 43.5 Å². The van der Waals surface area contributed by atoms with E-state index in [-0.39, 0.29) is 11.3 Å². The molecular formula is C16H18N4O3. The summed E-state index contributed by atoms with van der Waals surface area (Å²) in [5.74, 6) is -0.511. The van der Waals surface area contributed by atoms with Crippen molar-refractivity contribution in [2.75, 3.05) is 25.0 Å². The number of nitrogens with zero attached hydrogens (tertiary/aromatic N) is 3. The summed E-state index contributed by atoms with van der Waals surface area (Å²) in [6.45, 7) is 1.72. The highest BCUT2D eigenvalue weighted by molar-refractivity contribution is 6.02. The van der Waals surface area contributed by atoms with Gasteiger partial charge in [-0.15, -0.1) is 0 Å². The fourth-order valence-electron chi connectivity index (χ4n) is 2.63. The zero-order valence-corrected chi connectivity index (χ0v) is 12.9. The second-order valence-corrected chi connectivity index (χ2v) is 5.30. The average molecular weight is 314 g/mol. The molecule has 1 aliphatic rings. The van der Waals surface area contributed by atoms with Crippen molar-refractivity contribution < 1.29 is 9.72 Å². The maximum absolute atomic E-state index is 11.7. The fourth-order valence-corrected chi connectivity index (χ4v) is 2.63. The lowest BCUT2D eigenvalue weighted by Gasteiger charge is -2.30. The Labute approximate surface area is 134 Å². The number of nitro groups is 1. The lowest BCUT2D eigenvalue weighted by atomic mass is 10.0. The summed E-state index contributed by atoms with van der Waals surface area (Å²) in [4.78, 5) is 24.4. The number of piperidine rings is 1. The fraction of sp³-hybridized carbons (Fsp3) is 0.375. The van der Waals surface area contributed by atoms with E-state index >= 15 is 0 Å². The van der Waals surface area contributed by atoms with Gasteiger partial charge >= 0.3 is 0 Å². The van der Waals surface area contributed by atoms with Crippen LogP contribution in [0.25, 0.3) is 6.08 Å². The van der Waals surface area contributed by atoms with Crippen molar-refractivity contribution >= 4 is 23.4 Å². The summed E-state index contributed by atoms with van der Waals surface area (Å²) in [6.07, 6.45) is 4.69. The molecule has 7 heteroatoms. The minimum atomic E-state index is -0.511. The van der Waals surface area contributed by atoms with E-state index in [4.69, 9.17) is 5.26 Å². The predicted molar refractivity (Wildman–Crippen MR) is 86.8 cm³/mol. The number of nitriles is 1. The highest BCUT2D eigenvalue weighted by atomic mass is 16.6. The maximum atomic E-state index is 11.7. The molecule has 0 radical (unpaired) electrons. The molecule has 1 N–H and O–H groups in total. The number of benzene rings is 1. The van der Waals surface area contributed by atoms with E-state index < -0.39 is 10.8 Å². The number of nitrogens with one attached hydrogen (secondary N) is 1. The molecule has 23 heavy (non-hydrogen) atoms. The second kappa shape index (κ2) is 7.40. The van der Waals surface area contributed by atoms with Crippen LogP contribution in [-0.4, -0.2) is 31.0 Å². The zero-order chi connectivity index (χ0) is 16.8. The number of non-ortho nitro benzene ring substituents is 1. The van der Waals surface area contributed by atoms with E-state index in [1.165, 1.54) is 25.3 Å². The Morgan fingerprint density at radius 1 is 1.39 bits per heavy atom. The van der Waals surface area contributed by atoms with Crippen LogP contribution in [0.15, 0.2) is 23.8 Å². The number of rotatable bonds is 4. The molecule has 0 bridgehead atoms. The maximum Gasteiger partial charge on any atom is 0.270 e. The molecule has 1 aliphatic heterocycles. The van der Waals surface area contributed by atoms with Crippen molar-refractivity contribution in [1.29, 1.82) is 5.26 Å². The number of likely N-dealkylation sites (N-methyl/N-ethyl adjacent to an activating group) is 1. The van der Waals surface area contributed by atoms with E-state index in [1.54, 1.807) is 6.07 Å². The molecule has 1 heterocycles. The molecular weight excluding hydrogens is 296 g/mol. The summed E-state index contributed by atoms with van der Waals surface area (Å²) >= 11 is 0. The van der Waals surface area contributed by atoms with Crippen LogP contribution in [-0.2, 0) is 4.79 Å². The average Bonchev–Trinajstić information content (AvgIpc) is 2.59. The van der Waals surface area contributed by atoms with Crippen molar-refractivity contribution in [3.63, 3.8) is 0 Å². The topological polar surface area (TPSA) is 99.3 Å². The van der Waals surface area contributed by atoms with E-state index in [2.05, 4.69) is 10.2 Å². The molecule has 1 aromatic rings. The number of anilines is 1. The number of nitro benzene ring substituents is 1. The molecule has 1 amide bonds. The normalized spacial score (nSPS) is 15.0. The Bertz CT molecular complexity index is 685. The van der Waals surface area contributed by atoms with Gasteiger partial charge < -0.3 is 10.2 Å². The second-order valence-electron chi connectivity index (χ2n) is 5.30. The lowest BCUT2D eigenvalue weighted by Crippen LogP contribution is -2.30. The number of amides is 1. The molecule has 1 saturated heterocycles. The zero-order valence-electron chi connectivity index (χ0n) is 12.9. The minimum Gasteiger partial charge on any atom is -0.371 e. The van der Waals surface area contributed by atoms with Gasteiger partial charge in [-0.3, -0.25) is 14.9 Å². The van der Waals surface area contributed by atoms with Gasteiger partial charge in [-0.25, -0.2) is 0 Å². The third-order valence-corrected chi connectivity index (χ3v) is 3.81. The van der Waals surface area contributed by atoms with Gasteiger partial charge in [0.1, 0.15) is 11.6 Å². The van der Waals surface area contributed by atoms with Gasteiger partial charge in [-0.05, 0) is 31.4 Å². The van der Waals surface area contributed by atoms with Crippen LogP contribution in [0.5, 0.6) is 0 Å². The van der Waals surface area contributed by atoms with Gasteiger partial charge in [0.05, 0.1) is 4.92 Å². The van der Waals surface area contributed by atoms with E-state index in [0.29, 0.717) is 5.56 Å². The summed E-state index contributed by atoms with van der Waals surface area (Å²) < 4.78 is 0. The Morgan fingerprint density at radius 3 is 2.65 bits per heavy atom. The highest BCUT2D eigenvalue weighted by Crippen LogP contribution is 2.29. The molecule has 0 spiro atoms. The Hall–Kier alpha value is -2.88. The van der Waals surface area contributed by atoms with Crippen LogP contribution < -0.4 is 10.2 Å².